The summed E-state index contributed by atoms with van der Waals surface area (Å²) in [7, 11) is -3.60. The van der Waals surface area contributed by atoms with Crippen LogP contribution < -0.4 is 10.0 Å². The van der Waals surface area contributed by atoms with Gasteiger partial charge in [-0.2, -0.15) is 12.7 Å². The van der Waals surface area contributed by atoms with Gasteiger partial charge in [0, 0.05) is 31.7 Å². The number of hydrogen-bond donors (Lipinski definition) is 2. The Balaban J connectivity index is 2.19. The largest absolute Gasteiger partial charge is 0.314 e. The van der Waals surface area contributed by atoms with Crippen LogP contribution in [0.1, 0.15) is 5.56 Å². The molecule has 100 valence electrons. The van der Waals surface area contributed by atoms with Crippen molar-refractivity contribution < 1.29 is 12.8 Å². The highest BCUT2D eigenvalue weighted by molar-refractivity contribution is 7.90. The summed E-state index contributed by atoms with van der Waals surface area (Å²) < 4.78 is 41.3. The molecule has 0 unspecified atom stereocenters. The number of nitrogens with zero attached hydrogens (tertiary/aromatic N) is 1. The van der Waals surface area contributed by atoms with Crippen LogP contribution in [0.25, 0.3) is 0 Å². The van der Waals surface area contributed by atoms with E-state index in [2.05, 4.69) is 10.0 Å². The van der Waals surface area contributed by atoms with Gasteiger partial charge in [-0.05, 0) is 19.1 Å². The van der Waals surface area contributed by atoms with E-state index in [1.165, 1.54) is 16.4 Å². The quantitative estimate of drug-likeness (QED) is 0.852. The molecule has 1 aliphatic heterocycles. The normalized spacial score (nSPS) is 17.7. The van der Waals surface area contributed by atoms with Crippen molar-refractivity contribution in [1.29, 1.82) is 0 Å². The average Bonchev–Trinajstić information content (AvgIpc) is 2.36. The van der Waals surface area contributed by atoms with Crippen molar-refractivity contribution in [3.63, 3.8) is 0 Å². The molecular weight excluding hydrogens is 257 g/mol. The van der Waals surface area contributed by atoms with Gasteiger partial charge >= 0.3 is 10.2 Å². The number of hydrogen-bond acceptors (Lipinski definition) is 3. The summed E-state index contributed by atoms with van der Waals surface area (Å²) in [4.78, 5) is 0. The van der Waals surface area contributed by atoms with E-state index in [0.717, 1.165) is 0 Å². The van der Waals surface area contributed by atoms with Crippen molar-refractivity contribution in [3.8, 4) is 0 Å². The van der Waals surface area contributed by atoms with Crippen LogP contribution in [0.4, 0.5) is 10.1 Å². The fraction of sp³-hybridized carbons (Fsp3) is 0.455. The Morgan fingerprint density at radius 1 is 1.33 bits per heavy atom. The van der Waals surface area contributed by atoms with Gasteiger partial charge in [-0.3, -0.25) is 4.72 Å². The maximum atomic E-state index is 13.3. The van der Waals surface area contributed by atoms with Crippen molar-refractivity contribution >= 4 is 15.9 Å². The van der Waals surface area contributed by atoms with Crippen LogP contribution in [0.5, 0.6) is 0 Å². The fourth-order valence-electron chi connectivity index (χ4n) is 1.81. The first-order valence-corrected chi connectivity index (χ1v) is 7.18. The minimum atomic E-state index is -3.60. The first kappa shape index (κ1) is 13.3. The lowest BCUT2D eigenvalue weighted by molar-refractivity contribution is 0.362. The zero-order valence-electron chi connectivity index (χ0n) is 10.1. The van der Waals surface area contributed by atoms with E-state index in [1.54, 1.807) is 13.0 Å². The van der Waals surface area contributed by atoms with E-state index in [1.807, 2.05) is 0 Å². The first-order valence-electron chi connectivity index (χ1n) is 5.74. The molecule has 0 radical (unpaired) electrons. The van der Waals surface area contributed by atoms with Crippen LogP contribution in [-0.4, -0.2) is 38.9 Å². The van der Waals surface area contributed by atoms with Gasteiger partial charge in [-0.1, -0.05) is 6.07 Å². The minimum absolute atomic E-state index is 0.286. The molecule has 5 nitrogen and oxygen atoms in total. The molecule has 1 aromatic carbocycles. The lowest BCUT2D eigenvalue weighted by Gasteiger charge is -2.27. The number of rotatable bonds is 3. The fourth-order valence-corrected chi connectivity index (χ4v) is 3.10. The third-order valence-corrected chi connectivity index (χ3v) is 4.45. The van der Waals surface area contributed by atoms with Crippen molar-refractivity contribution in [3.05, 3.63) is 29.6 Å². The highest BCUT2D eigenvalue weighted by atomic mass is 32.2. The zero-order valence-corrected chi connectivity index (χ0v) is 10.9. The molecule has 7 heteroatoms. The smallest absolute Gasteiger partial charge is 0.301 e. The predicted octanol–water partition coefficient (Wildman–Crippen LogP) is 0.696. The number of anilines is 1. The van der Waals surface area contributed by atoms with E-state index >= 15 is 0 Å². The van der Waals surface area contributed by atoms with Crippen molar-refractivity contribution in [2.45, 2.75) is 6.92 Å². The van der Waals surface area contributed by atoms with Gasteiger partial charge in [-0.15, -0.1) is 0 Å². The molecule has 1 heterocycles. The Bertz CT molecular complexity index is 527. The molecule has 0 aliphatic carbocycles. The number of halogens is 1. The maximum absolute atomic E-state index is 13.3. The third kappa shape index (κ3) is 2.80. The Morgan fingerprint density at radius 2 is 2.00 bits per heavy atom. The molecule has 0 bridgehead atoms. The van der Waals surface area contributed by atoms with Crippen LogP contribution in [0.2, 0.25) is 0 Å². The summed E-state index contributed by atoms with van der Waals surface area (Å²) in [6.45, 7) is 3.64. The van der Waals surface area contributed by atoms with Crippen LogP contribution in [0, 0.1) is 12.7 Å². The molecule has 0 saturated carbocycles. The summed E-state index contributed by atoms with van der Waals surface area (Å²) in [6.07, 6.45) is 0. The lowest BCUT2D eigenvalue weighted by atomic mass is 10.2. The lowest BCUT2D eigenvalue weighted by Crippen LogP contribution is -2.48. The Hall–Kier alpha value is -1.18. The molecule has 1 aliphatic rings. The molecule has 18 heavy (non-hydrogen) atoms. The topological polar surface area (TPSA) is 61.4 Å². The van der Waals surface area contributed by atoms with E-state index in [4.69, 9.17) is 0 Å². The molecule has 1 fully saturated rings. The average molecular weight is 273 g/mol. The van der Waals surface area contributed by atoms with Crippen LogP contribution in [0.3, 0.4) is 0 Å². The molecule has 0 amide bonds. The molecule has 2 rings (SSSR count). The zero-order chi connectivity index (χ0) is 13.2. The van der Waals surface area contributed by atoms with Gasteiger partial charge in [0.15, 0.2) is 0 Å². The Kier molecular flexibility index (Phi) is 3.84. The summed E-state index contributed by atoms with van der Waals surface area (Å²) in [5.41, 5.74) is 0.588. The van der Waals surface area contributed by atoms with Gasteiger partial charge in [-0.25, -0.2) is 4.39 Å². The molecular formula is C11H16FN3O2S. The van der Waals surface area contributed by atoms with Gasteiger partial charge < -0.3 is 5.32 Å². The molecule has 0 atom stereocenters. The monoisotopic (exact) mass is 273 g/mol. The standard InChI is InChI=1S/C11H16FN3O2S/c1-9-10(12)3-2-4-11(9)14-18(16,17)15-7-5-13-6-8-15/h2-4,13-14H,5-8H2,1H3. The van der Waals surface area contributed by atoms with E-state index in [0.29, 0.717) is 31.7 Å². The second-order valence-corrected chi connectivity index (χ2v) is 5.84. The molecule has 0 spiro atoms. The van der Waals surface area contributed by atoms with Crippen LogP contribution in [0.15, 0.2) is 18.2 Å². The SMILES string of the molecule is Cc1c(F)cccc1NS(=O)(=O)N1CCNCC1. The number of piperazine rings is 1. The van der Waals surface area contributed by atoms with Crippen molar-refractivity contribution in [2.24, 2.45) is 0 Å². The number of nitrogens with one attached hydrogen (secondary N) is 2. The van der Waals surface area contributed by atoms with Gasteiger partial charge in [0.05, 0.1) is 5.69 Å². The summed E-state index contributed by atoms with van der Waals surface area (Å²) in [5.74, 6) is -0.421. The molecule has 1 saturated heterocycles. The van der Waals surface area contributed by atoms with Gasteiger partial charge in [0.1, 0.15) is 5.82 Å². The molecule has 0 aromatic heterocycles. The number of benzene rings is 1. The Morgan fingerprint density at radius 3 is 2.67 bits per heavy atom. The summed E-state index contributed by atoms with van der Waals surface area (Å²) in [5, 5.41) is 3.08. The Labute approximate surface area is 106 Å². The van der Waals surface area contributed by atoms with Crippen molar-refractivity contribution in [1.82, 2.24) is 9.62 Å². The molecule has 2 N–H and O–H groups in total. The highest BCUT2D eigenvalue weighted by Gasteiger charge is 2.24. The highest BCUT2D eigenvalue weighted by Crippen LogP contribution is 2.19. The van der Waals surface area contributed by atoms with Gasteiger partial charge in [0.25, 0.3) is 0 Å². The minimum Gasteiger partial charge on any atom is -0.314 e. The van der Waals surface area contributed by atoms with Crippen LogP contribution in [-0.2, 0) is 10.2 Å². The van der Waals surface area contributed by atoms with Crippen LogP contribution >= 0.6 is 0 Å². The van der Waals surface area contributed by atoms with Gasteiger partial charge in [0.2, 0.25) is 0 Å². The second kappa shape index (κ2) is 5.21. The van der Waals surface area contributed by atoms with Crippen molar-refractivity contribution in [2.75, 3.05) is 30.9 Å². The second-order valence-electron chi connectivity index (χ2n) is 4.17. The first-order chi connectivity index (χ1) is 8.50. The predicted molar refractivity (Wildman–Crippen MR) is 68.1 cm³/mol. The maximum Gasteiger partial charge on any atom is 0.301 e. The van der Waals surface area contributed by atoms with E-state index < -0.39 is 16.0 Å². The summed E-state index contributed by atoms with van der Waals surface area (Å²) in [6, 6.07) is 4.34. The molecule has 1 aromatic rings. The van der Waals surface area contributed by atoms with E-state index in [-0.39, 0.29) is 5.69 Å². The van der Waals surface area contributed by atoms with E-state index in [9.17, 15) is 12.8 Å². The summed E-state index contributed by atoms with van der Waals surface area (Å²) >= 11 is 0. The third-order valence-electron chi connectivity index (χ3n) is 2.92.